The number of hydrogen-bond donors (Lipinski definition) is 1. The molecule has 8 heteroatoms. The van der Waals surface area contributed by atoms with E-state index in [2.05, 4.69) is 16.5 Å². The monoisotopic (exact) mass is 398 g/mol. The number of nitrogen functional groups attached to an aromatic ring is 1. The Labute approximate surface area is 169 Å². The molecule has 0 saturated heterocycles. The fraction of sp³-hybridized carbons (Fsp3) is 0.429. The fourth-order valence-corrected chi connectivity index (χ4v) is 3.45. The van der Waals surface area contributed by atoms with E-state index in [1.807, 2.05) is 6.07 Å². The number of aryl methyl sites for hydroxylation is 2. The number of carbonyl (C=O) groups is 2. The molecule has 2 heterocycles. The summed E-state index contributed by atoms with van der Waals surface area (Å²) >= 11 is 0. The Balaban J connectivity index is 2.14. The van der Waals surface area contributed by atoms with E-state index in [4.69, 9.17) is 20.2 Å². The van der Waals surface area contributed by atoms with Crippen molar-refractivity contribution in [3.63, 3.8) is 0 Å². The second-order valence-electron chi connectivity index (χ2n) is 6.88. The number of benzene rings is 1. The summed E-state index contributed by atoms with van der Waals surface area (Å²) < 4.78 is 11.7. The predicted octanol–water partition coefficient (Wildman–Crippen LogP) is 3.25. The van der Waals surface area contributed by atoms with Crippen molar-refractivity contribution in [1.29, 1.82) is 0 Å². The molecule has 0 aliphatic rings. The molecule has 29 heavy (non-hydrogen) atoms. The lowest BCUT2D eigenvalue weighted by Gasteiger charge is -2.11. The largest absolute Gasteiger partial charge is 0.469 e. The summed E-state index contributed by atoms with van der Waals surface area (Å²) in [6.07, 6.45) is 3.81. The lowest BCUT2D eigenvalue weighted by atomic mass is 10.1. The highest BCUT2D eigenvalue weighted by Gasteiger charge is 2.18. The average molecular weight is 398 g/mol. The van der Waals surface area contributed by atoms with Crippen LogP contribution in [0.5, 0.6) is 0 Å². The number of rotatable bonds is 8. The number of ether oxygens (including phenoxy) is 2. The molecule has 2 aromatic heterocycles. The van der Waals surface area contributed by atoms with Crippen LogP contribution in [0, 0.1) is 0 Å². The zero-order valence-corrected chi connectivity index (χ0v) is 17.0. The molecule has 0 spiro atoms. The summed E-state index contributed by atoms with van der Waals surface area (Å²) in [5.74, 6) is 0.574. The standard InChI is InChI=1S/C21H26N4O4/c1-4-5-7-16-24-18-19(25(16)11-6-8-17(26)28-2)14-10-9-13(21(27)29-3)12-15(14)23-20(18)22/h9-10,12H,4-8,11H2,1-3H3,(H2,22,23). The summed E-state index contributed by atoms with van der Waals surface area (Å²) in [6.45, 7) is 2.74. The van der Waals surface area contributed by atoms with Crippen LogP contribution in [0.25, 0.3) is 21.9 Å². The average Bonchev–Trinajstić information content (AvgIpc) is 3.10. The van der Waals surface area contributed by atoms with Crippen LogP contribution in [0.2, 0.25) is 0 Å². The van der Waals surface area contributed by atoms with Crippen molar-refractivity contribution in [2.75, 3.05) is 20.0 Å². The summed E-state index contributed by atoms with van der Waals surface area (Å²) in [7, 11) is 2.73. The summed E-state index contributed by atoms with van der Waals surface area (Å²) in [5.41, 5.74) is 8.75. The van der Waals surface area contributed by atoms with Gasteiger partial charge in [0.2, 0.25) is 0 Å². The van der Waals surface area contributed by atoms with Gasteiger partial charge in [0, 0.05) is 24.8 Å². The van der Waals surface area contributed by atoms with E-state index in [-0.39, 0.29) is 5.97 Å². The Morgan fingerprint density at radius 2 is 1.93 bits per heavy atom. The van der Waals surface area contributed by atoms with Gasteiger partial charge in [0.15, 0.2) is 5.82 Å². The van der Waals surface area contributed by atoms with Crippen molar-refractivity contribution in [3.05, 3.63) is 29.6 Å². The number of carbonyl (C=O) groups excluding carboxylic acids is 2. The number of pyridine rings is 1. The Morgan fingerprint density at radius 3 is 2.62 bits per heavy atom. The van der Waals surface area contributed by atoms with Crippen LogP contribution in [-0.4, -0.2) is 40.7 Å². The lowest BCUT2D eigenvalue weighted by Crippen LogP contribution is -2.08. The SMILES string of the molecule is CCCCc1nc2c(N)nc3cc(C(=O)OC)ccc3c2n1CCCC(=O)OC. The van der Waals surface area contributed by atoms with Crippen LogP contribution in [-0.2, 0) is 27.2 Å². The molecule has 0 radical (unpaired) electrons. The second-order valence-corrected chi connectivity index (χ2v) is 6.88. The molecule has 154 valence electrons. The van der Waals surface area contributed by atoms with Gasteiger partial charge in [-0.05, 0) is 31.0 Å². The number of unbranched alkanes of at least 4 members (excludes halogenated alkanes) is 1. The van der Waals surface area contributed by atoms with Crippen LogP contribution in [0.1, 0.15) is 48.8 Å². The third-order valence-electron chi connectivity index (χ3n) is 4.95. The molecule has 0 amide bonds. The fourth-order valence-electron chi connectivity index (χ4n) is 3.45. The van der Waals surface area contributed by atoms with Crippen LogP contribution in [0.15, 0.2) is 18.2 Å². The molecule has 0 atom stereocenters. The molecule has 0 fully saturated rings. The lowest BCUT2D eigenvalue weighted by molar-refractivity contribution is -0.140. The number of imidazole rings is 1. The topological polar surface area (TPSA) is 109 Å². The molecule has 3 aromatic rings. The van der Waals surface area contributed by atoms with E-state index in [1.54, 1.807) is 12.1 Å². The number of nitrogens with zero attached hydrogens (tertiary/aromatic N) is 3. The number of aromatic nitrogens is 3. The van der Waals surface area contributed by atoms with Gasteiger partial charge in [-0.2, -0.15) is 0 Å². The molecule has 0 saturated carbocycles. The third kappa shape index (κ3) is 4.16. The number of hydrogen-bond acceptors (Lipinski definition) is 7. The number of nitrogens with two attached hydrogens (primary N) is 1. The van der Waals surface area contributed by atoms with Crippen LogP contribution < -0.4 is 5.73 Å². The first-order valence-electron chi connectivity index (χ1n) is 9.73. The van der Waals surface area contributed by atoms with Gasteiger partial charge >= 0.3 is 11.9 Å². The maximum atomic E-state index is 11.9. The van der Waals surface area contributed by atoms with Crippen molar-refractivity contribution in [2.24, 2.45) is 0 Å². The van der Waals surface area contributed by atoms with Crippen LogP contribution in [0.4, 0.5) is 5.82 Å². The second kappa shape index (κ2) is 8.89. The molecule has 1 aromatic carbocycles. The first-order valence-corrected chi connectivity index (χ1v) is 9.73. The predicted molar refractivity (Wildman–Crippen MR) is 111 cm³/mol. The van der Waals surface area contributed by atoms with Gasteiger partial charge in [0.25, 0.3) is 0 Å². The molecule has 0 aliphatic heterocycles. The van der Waals surface area contributed by atoms with Crippen molar-refractivity contribution in [1.82, 2.24) is 14.5 Å². The van der Waals surface area contributed by atoms with E-state index in [0.717, 1.165) is 36.0 Å². The molecule has 0 aliphatic carbocycles. The van der Waals surface area contributed by atoms with Gasteiger partial charge in [-0.1, -0.05) is 13.3 Å². The highest BCUT2D eigenvalue weighted by molar-refractivity contribution is 6.08. The molecule has 3 rings (SSSR count). The first kappa shape index (κ1) is 20.6. The number of methoxy groups -OCH3 is 2. The smallest absolute Gasteiger partial charge is 0.337 e. The highest BCUT2D eigenvalue weighted by atomic mass is 16.5. The van der Waals surface area contributed by atoms with Gasteiger partial charge in [0.05, 0.1) is 30.8 Å². The quantitative estimate of drug-likeness (QED) is 0.580. The molecule has 2 N–H and O–H groups in total. The maximum absolute atomic E-state index is 11.9. The van der Waals surface area contributed by atoms with E-state index in [0.29, 0.717) is 41.8 Å². The molecular weight excluding hydrogens is 372 g/mol. The van der Waals surface area contributed by atoms with Crippen LogP contribution in [0.3, 0.4) is 0 Å². The van der Waals surface area contributed by atoms with Gasteiger partial charge in [0.1, 0.15) is 11.3 Å². The number of esters is 2. The van der Waals surface area contributed by atoms with Crippen molar-refractivity contribution in [3.8, 4) is 0 Å². The molecular formula is C21H26N4O4. The Kier molecular flexibility index (Phi) is 6.31. The first-order chi connectivity index (χ1) is 14.0. The van der Waals surface area contributed by atoms with Gasteiger partial charge < -0.3 is 19.8 Å². The number of anilines is 1. The molecule has 0 bridgehead atoms. The van der Waals surface area contributed by atoms with E-state index < -0.39 is 5.97 Å². The normalized spacial score (nSPS) is 11.1. The van der Waals surface area contributed by atoms with Crippen molar-refractivity contribution < 1.29 is 19.1 Å². The summed E-state index contributed by atoms with van der Waals surface area (Å²) in [4.78, 5) is 32.6. The number of fused-ring (bicyclic) bond motifs is 3. The Hall–Kier alpha value is -3.16. The van der Waals surface area contributed by atoms with E-state index in [9.17, 15) is 9.59 Å². The van der Waals surface area contributed by atoms with E-state index in [1.165, 1.54) is 14.2 Å². The van der Waals surface area contributed by atoms with Crippen molar-refractivity contribution in [2.45, 2.75) is 45.6 Å². The van der Waals surface area contributed by atoms with Gasteiger partial charge in [-0.3, -0.25) is 4.79 Å². The highest BCUT2D eigenvalue weighted by Crippen LogP contribution is 2.30. The minimum absolute atomic E-state index is 0.238. The van der Waals surface area contributed by atoms with Gasteiger partial charge in [-0.15, -0.1) is 0 Å². The zero-order chi connectivity index (χ0) is 21.0. The summed E-state index contributed by atoms with van der Waals surface area (Å²) in [6, 6.07) is 5.23. The summed E-state index contributed by atoms with van der Waals surface area (Å²) in [5, 5.41) is 0.857. The zero-order valence-electron chi connectivity index (χ0n) is 17.0. The van der Waals surface area contributed by atoms with Crippen LogP contribution >= 0.6 is 0 Å². The van der Waals surface area contributed by atoms with Gasteiger partial charge in [-0.25, -0.2) is 14.8 Å². The van der Waals surface area contributed by atoms with E-state index >= 15 is 0 Å². The minimum atomic E-state index is -0.428. The third-order valence-corrected chi connectivity index (χ3v) is 4.95. The van der Waals surface area contributed by atoms with Crippen molar-refractivity contribution >= 4 is 39.7 Å². The molecule has 0 unspecified atom stereocenters. The maximum Gasteiger partial charge on any atom is 0.337 e. The molecule has 8 nitrogen and oxygen atoms in total. The Bertz CT molecular complexity index is 1060. The Morgan fingerprint density at radius 1 is 1.14 bits per heavy atom. The minimum Gasteiger partial charge on any atom is -0.469 e.